The van der Waals surface area contributed by atoms with Crippen molar-refractivity contribution in [3.8, 4) is 5.75 Å². The molecule has 0 aliphatic carbocycles. The van der Waals surface area contributed by atoms with Gasteiger partial charge in [-0.1, -0.05) is 44.2 Å². The number of benzene rings is 2. The summed E-state index contributed by atoms with van der Waals surface area (Å²) in [5, 5.41) is 22.4. The molecule has 6 N–H and O–H groups in total. The van der Waals surface area contributed by atoms with Crippen LogP contribution < -0.4 is 16.4 Å². The second-order valence-electron chi connectivity index (χ2n) is 9.07. The number of pyridine rings is 1. The van der Waals surface area contributed by atoms with Gasteiger partial charge in [-0.15, -0.1) is 0 Å². The highest BCUT2D eigenvalue weighted by molar-refractivity contribution is 7.92. The molecule has 0 aliphatic heterocycles. The summed E-state index contributed by atoms with van der Waals surface area (Å²) in [6, 6.07) is 15.1. The van der Waals surface area contributed by atoms with E-state index < -0.39 is 21.0 Å². The van der Waals surface area contributed by atoms with Crippen LogP contribution in [0, 0.1) is 5.41 Å². The fraction of sp³-hybridized carbons (Fsp3) is 0.296. The van der Waals surface area contributed by atoms with Gasteiger partial charge in [0.15, 0.2) is 9.84 Å². The van der Waals surface area contributed by atoms with Crippen LogP contribution in [0.2, 0.25) is 0 Å². The Morgan fingerprint density at radius 1 is 1.11 bits per heavy atom. The second-order valence-corrected chi connectivity index (χ2v) is 11.2. The van der Waals surface area contributed by atoms with Crippen LogP contribution in [0.25, 0.3) is 0 Å². The minimum absolute atomic E-state index is 0.0629. The fourth-order valence-electron chi connectivity index (χ4n) is 3.77. The molecule has 196 valence electrons. The first-order chi connectivity index (χ1) is 17.6. The third-order valence-electron chi connectivity index (χ3n) is 5.97. The van der Waals surface area contributed by atoms with Gasteiger partial charge in [0.05, 0.1) is 6.54 Å². The van der Waals surface area contributed by atoms with Crippen molar-refractivity contribution in [1.82, 2.24) is 15.6 Å². The average molecular weight is 524 g/mol. The summed E-state index contributed by atoms with van der Waals surface area (Å²) in [4.78, 5) is 16.2. The molecule has 0 bridgehead atoms. The van der Waals surface area contributed by atoms with Crippen molar-refractivity contribution in [2.24, 2.45) is 5.73 Å². The van der Waals surface area contributed by atoms with Gasteiger partial charge in [0, 0.05) is 30.9 Å². The minimum atomic E-state index is -4.17. The highest BCUT2D eigenvalue weighted by Crippen LogP contribution is 2.28. The Labute approximate surface area is 217 Å². The first-order valence-corrected chi connectivity index (χ1v) is 13.5. The van der Waals surface area contributed by atoms with E-state index >= 15 is 0 Å². The number of hydrogen-bond donors (Lipinski definition) is 5. The zero-order chi connectivity index (χ0) is 27.0. The molecule has 2 aromatic carbocycles. The number of hydrogen-bond acceptors (Lipinski definition) is 7. The smallest absolute Gasteiger partial charge is 0.234 e. The van der Waals surface area contributed by atoms with E-state index in [1.54, 1.807) is 12.4 Å². The van der Waals surface area contributed by atoms with Gasteiger partial charge in [0.1, 0.15) is 21.9 Å². The van der Waals surface area contributed by atoms with E-state index in [-0.39, 0.29) is 35.2 Å². The maximum absolute atomic E-state index is 13.6. The van der Waals surface area contributed by atoms with Crippen LogP contribution in [0.3, 0.4) is 0 Å². The zero-order valence-corrected chi connectivity index (χ0v) is 21.8. The van der Waals surface area contributed by atoms with Crippen LogP contribution in [0.1, 0.15) is 42.0 Å². The van der Waals surface area contributed by atoms with Crippen LogP contribution in [-0.2, 0) is 27.5 Å². The number of sulfone groups is 1. The van der Waals surface area contributed by atoms with Crippen molar-refractivity contribution >= 4 is 21.6 Å². The van der Waals surface area contributed by atoms with Crippen LogP contribution >= 0.6 is 0 Å². The minimum Gasteiger partial charge on any atom is -0.507 e. The Hall–Kier alpha value is -3.76. The third kappa shape index (κ3) is 7.61. The number of aromatic hydroxyl groups is 1. The molecular weight excluding hydrogens is 490 g/mol. The molecule has 10 heteroatoms. The Morgan fingerprint density at radius 3 is 2.46 bits per heavy atom. The van der Waals surface area contributed by atoms with Crippen LogP contribution in [-0.4, -0.2) is 48.7 Å². The molecule has 9 nitrogen and oxygen atoms in total. The summed E-state index contributed by atoms with van der Waals surface area (Å²) < 4.78 is 27.3. The van der Waals surface area contributed by atoms with Gasteiger partial charge in [0.25, 0.3) is 0 Å². The molecule has 0 aliphatic rings. The van der Waals surface area contributed by atoms with Crippen LogP contribution in [0.5, 0.6) is 5.75 Å². The quantitative estimate of drug-likeness (QED) is 0.180. The number of nitrogens with one attached hydrogen (secondary N) is 3. The van der Waals surface area contributed by atoms with Crippen LogP contribution in [0.4, 0.5) is 0 Å². The van der Waals surface area contributed by atoms with Gasteiger partial charge in [-0.3, -0.25) is 20.5 Å². The highest BCUT2D eigenvalue weighted by Gasteiger charge is 2.31. The van der Waals surface area contributed by atoms with Crippen molar-refractivity contribution < 1.29 is 18.3 Å². The molecule has 1 atom stereocenters. The van der Waals surface area contributed by atoms with E-state index in [9.17, 15) is 18.3 Å². The van der Waals surface area contributed by atoms with Crippen molar-refractivity contribution in [1.29, 1.82) is 5.41 Å². The molecule has 0 fully saturated rings. The first-order valence-electron chi connectivity index (χ1n) is 12.0. The summed E-state index contributed by atoms with van der Waals surface area (Å²) in [6.45, 7) is 4.28. The molecular formula is C27H33N5O4S. The molecule has 0 spiro atoms. The molecule has 3 aromatic rings. The summed E-state index contributed by atoms with van der Waals surface area (Å²) in [6.07, 6.45) is 4.05. The monoisotopic (exact) mass is 523 g/mol. The predicted octanol–water partition coefficient (Wildman–Crippen LogP) is 2.49. The largest absolute Gasteiger partial charge is 0.507 e. The number of carbonyl (C=O) groups excluding carboxylic acids is 1. The highest BCUT2D eigenvalue weighted by atomic mass is 32.2. The number of rotatable bonds is 12. The number of nitrogens with zero attached hydrogens (tertiary/aromatic N) is 1. The van der Waals surface area contributed by atoms with E-state index in [2.05, 4.69) is 29.5 Å². The van der Waals surface area contributed by atoms with Crippen molar-refractivity contribution in [2.75, 3.05) is 13.1 Å². The van der Waals surface area contributed by atoms with E-state index in [1.807, 2.05) is 36.4 Å². The Balaban J connectivity index is 1.79. The molecule has 1 amide bonds. The van der Waals surface area contributed by atoms with Gasteiger partial charge in [-0.05, 0) is 53.3 Å². The molecule has 1 aromatic heterocycles. The van der Waals surface area contributed by atoms with Crippen molar-refractivity contribution in [3.05, 3.63) is 89.2 Å². The topological polar surface area (TPSA) is 158 Å². The average Bonchev–Trinajstić information content (AvgIpc) is 2.87. The summed E-state index contributed by atoms with van der Waals surface area (Å²) >= 11 is 0. The zero-order valence-electron chi connectivity index (χ0n) is 20.9. The molecule has 0 saturated heterocycles. The summed E-state index contributed by atoms with van der Waals surface area (Å²) in [5.41, 5.74) is 8.56. The lowest BCUT2D eigenvalue weighted by Gasteiger charge is -2.21. The van der Waals surface area contributed by atoms with E-state index in [0.717, 1.165) is 16.7 Å². The number of aromatic nitrogens is 1. The lowest BCUT2D eigenvalue weighted by Crippen LogP contribution is -2.44. The first kappa shape index (κ1) is 27.8. The number of amidine groups is 1. The lowest BCUT2D eigenvalue weighted by atomic mass is 10.0. The summed E-state index contributed by atoms with van der Waals surface area (Å²) in [5.74, 6) is -0.805. The number of amides is 1. The third-order valence-corrected chi connectivity index (χ3v) is 7.99. The Kier molecular flexibility index (Phi) is 9.37. The molecule has 0 radical (unpaired) electrons. The van der Waals surface area contributed by atoms with Gasteiger partial charge < -0.3 is 16.2 Å². The van der Waals surface area contributed by atoms with Gasteiger partial charge >= 0.3 is 0 Å². The molecule has 0 saturated carbocycles. The molecule has 3 rings (SSSR count). The number of carbonyl (C=O) groups is 1. The van der Waals surface area contributed by atoms with Crippen molar-refractivity contribution in [3.63, 3.8) is 0 Å². The Morgan fingerprint density at radius 2 is 1.84 bits per heavy atom. The predicted molar refractivity (Wildman–Crippen MR) is 143 cm³/mol. The van der Waals surface area contributed by atoms with E-state index in [4.69, 9.17) is 11.1 Å². The van der Waals surface area contributed by atoms with Crippen molar-refractivity contribution in [2.45, 2.75) is 42.9 Å². The second kappa shape index (κ2) is 12.5. The SMILES string of the molecule is CC(C)c1ccc(CC(NCC(=O)NCCc2cccnc2)S(=O)(=O)c2cc(C(=N)N)ccc2O)cc1. The van der Waals surface area contributed by atoms with Crippen LogP contribution in [0.15, 0.2) is 71.9 Å². The number of phenols is 1. The standard InChI is InChI=1S/C27H33N5O4S/c1-18(2)21-7-5-19(6-8-21)14-26(32-17-25(34)31-13-11-20-4-3-12-30-16-20)37(35,36)24-15-22(27(28)29)9-10-23(24)33/h3-10,12,15-16,18,26,32-33H,11,13-14,17H2,1-2H3,(H3,28,29)(H,31,34). The summed E-state index contributed by atoms with van der Waals surface area (Å²) in [7, 11) is -4.17. The number of phenolic OH excluding ortho intramolecular Hbond substituents is 1. The maximum atomic E-state index is 13.6. The lowest BCUT2D eigenvalue weighted by molar-refractivity contribution is -0.120. The fourth-order valence-corrected chi connectivity index (χ4v) is 5.44. The molecule has 1 unspecified atom stereocenters. The van der Waals surface area contributed by atoms with Gasteiger partial charge in [-0.25, -0.2) is 8.42 Å². The van der Waals surface area contributed by atoms with Gasteiger partial charge in [0.2, 0.25) is 5.91 Å². The van der Waals surface area contributed by atoms with E-state index in [0.29, 0.717) is 18.9 Å². The molecule has 1 heterocycles. The number of nitrogen functional groups attached to an aromatic ring is 1. The van der Waals surface area contributed by atoms with Gasteiger partial charge in [-0.2, -0.15) is 0 Å². The molecule has 37 heavy (non-hydrogen) atoms. The van der Waals surface area contributed by atoms with E-state index in [1.165, 1.54) is 18.2 Å². The normalized spacial score (nSPS) is 12.3. The Bertz CT molecular complexity index is 1330. The maximum Gasteiger partial charge on any atom is 0.234 e. The number of nitrogens with two attached hydrogens (primary N) is 1.